The van der Waals surface area contributed by atoms with Crippen molar-refractivity contribution in [2.75, 3.05) is 18.1 Å². The predicted octanol–water partition coefficient (Wildman–Crippen LogP) is 0.432. The second-order valence-corrected chi connectivity index (χ2v) is 7.27. The summed E-state index contributed by atoms with van der Waals surface area (Å²) < 4.78 is 1.77. The molecule has 2 heterocycles. The normalized spacial score (nSPS) is 30.3. The van der Waals surface area contributed by atoms with Gasteiger partial charge >= 0.3 is 0 Å². The maximum Gasteiger partial charge on any atom is 0.191 e. The molecule has 5 N–H and O–H groups in total. The number of fused-ring (bicyclic) bond motifs is 1. The molecule has 2 unspecified atom stereocenters. The first-order chi connectivity index (χ1) is 11.5. The van der Waals surface area contributed by atoms with E-state index >= 15 is 0 Å². The van der Waals surface area contributed by atoms with Gasteiger partial charge in [0.15, 0.2) is 16.6 Å². The van der Waals surface area contributed by atoms with Gasteiger partial charge in [0.1, 0.15) is 11.6 Å². The summed E-state index contributed by atoms with van der Waals surface area (Å²) in [4.78, 5) is 13.1. The number of aromatic nitrogens is 4. The minimum absolute atomic E-state index is 0.0872. The number of thioether (sulfide) groups is 1. The Kier molecular flexibility index (Phi) is 4.95. The highest BCUT2D eigenvalue weighted by Gasteiger charge is 2.49. The SMILES string of the molecule is CCSc1nc(N)c2ncn([C@H]3C(O)C(O)[C@@H](CO)[C@@H]3CC)c2n1. The number of rotatable bonds is 5. The Morgan fingerprint density at radius 2 is 1.96 bits per heavy atom. The molecular weight excluding hydrogens is 330 g/mol. The molecule has 1 saturated carbocycles. The lowest BCUT2D eigenvalue weighted by Crippen LogP contribution is -2.30. The van der Waals surface area contributed by atoms with E-state index in [0.29, 0.717) is 28.6 Å². The lowest BCUT2D eigenvalue weighted by molar-refractivity contribution is -0.00455. The first-order valence-corrected chi connectivity index (χ1v) is 9.11. The highest BCUT2D eigenvalue weighted by atomic mass is 32.2. The average Bonchev–Trinajstić information content (AvgIpc) is 3.07. The van der Waals surface area contributed by atoms with Crippen LogP contribution in [0.1, 0.15) is 26.3 Å². The van der Waals surface area contributed by atoms with Gasteiger partial charge in [-0.05, 0) is 11.7 Å². The first kappa shape index (κ1) is 17.4. The van der Waals surface area contributed by atoms with Gasteiger partial charge < -0.3 is 25.6 Å². The van der Waals surface area contributed by atoms with Crippen molar-refractivity contribution in [1.29, 1.82) is 0 Å². The molecule has 0 aromatic carbocycles. The lowest BCUT2D eigenvalue weighted by atomic mass is 9.91. The summed E-state index contributed by atoms with van der Waals surface area (Å²) in [6.45, 7) is 3.81. The van der Waals surface area contributed by atoms with Gasteiger partial charge in [0, 0.05) is 12.5 Å². The monoisotopic (exact) mass is 353 g/mol. The summed E-state index contributed by atoms with van der Waals surface area (Å²) in [6.07, 6.45) is 0.314. The highest BCUT2D eigenvalue weighted by Crippen LogP contribution is 2.43. The van der Waals surface area contributed by atoms with Crippen molar-refractivity contribution in [3.63, 3.8) is 0 Å². The van der Waals surface area contributed by atoms with Crippen LogP contribution < -0.4 is 5.73 Å². The van der Waals surface area contributed by atoms with Gasteiger partial charge in [-0.3, -0.25) is 0 Å². The molecule has 0 saturated heterocycles. The van der Waals surface area contributed by atoms with E-state index in [1.165, 1.54) is 11.8 Å². The molecule has 8 nitrogen and oxygen atoms in total. The maximum absolute atomic E-state index is 10.5. The topological polar surface area (TPSA) is 130 Å². The van der Waals surface area contributed by atoms with Gasteiger partial charge in [0.2, 0.25) is 0 Å². The number of nitrogens with zero attached hydrogens (tertiary/aromatic N) is 4. The molecule has 0 amide bonds. The Morgan fingerprint density at radius 3 is 2.58 bits per heavy atom. The molecule has 2 aromatic heterocycles. The van der Waals surface area contributed by atoms with E-state index < -0.39 is 18.2 Å². The van der Waals surface area contributed by atoms with Crippen LogP contribution >= 0.6 is 11.8 Å². The second kappa shape index (κ2) is 6.83. The summed E-state index contributed by atoms with van der Waals surface area (Å²) in [5, 5.41) is 31.0. The summed E-state index contributed by atoms with van der Waals surface area (Å²) >= 11 is 1.48. The number of aliphatic hydroxyl groups excluding tert-OH is 3. The van der Waals surface area contributed by atoms with Crippen LogP contribution in [0.3, 0.4) is 0 Å². The number of aliphatic hydroxyl groups is 3. The van der Waals surface area contributed by atoms with Gasteiger partial charge in [0.05, 0.1) is 18.5 Å². The van der Waals surface area contributed by atoms with Crippen LogP contribution in [0.4, 0.5) is 5.82 Å². The molecule has 24 heavy (non-hydrogen) atoms. The van der Waals surface area contributed by atoms with Crippen molar-refractivity contribution in [2.45, 2.75) is 43.7 Å². The van der Waals surface area contributed by atoms with Crippen molar-refractivity contribution in [3.05, 3.63) is 6.33 Å². The van der Waals surface area contributed by atoms with E-state index in [0.717, 1.165) is 5.75 Å². The molecule has 0 bridgehead atoms. The van der Waals surface area contributed by atoms with E-state index in [1.54, 1.807) is 10.9 Å². The van der Waals surface area contributed by atoms with Crippen LogP contribution in [0.15, 0.2) is 11.5 Å². The average molecular weight is 353 g/mol. The van der Waals surface area contributed by atoms with Crippen molar-refractivity contribution >= 4 is 28.7 Å². The molecule has 1 fully saturated rings. The molecule has 132 valence electrons. The molecule has 3 rings (SSSR count). The number of nitrogen functional groups attached to an aromatic ring is 1. The van der Waals surface area contributed by atoms with Crippen LogP contribution in [0, 0.1) is 11.8 Å². The first-order valence-electron chi connectivity index (χ1n) is 8.13. The number of imidazole rings is 1. The summed E-state index contributed by atoms with van der Waals surface area (Å²) in [5.74, 6) is 0.648. The van der Waals surface area contributed by atoms with Gasteiger partial charge in [-0.15, -0.1) is 0 Å². The summed E-state index contributed by atoms with van der Waals surface area (Å²) in [5.41, 5.74) is 7.02. The standard InChI is InChI=1S/C15H23N5O3S/c1-3-7-8(5-21)11(22)12(23)10(7)20-6-17-9-13(16)18-15(24-4-2)19-14(9)20/h6-8,10-12,21-23H,3-5H2,1-2H3,(H2,16,18,19)/t7-,8-,10+,11?,12?/m0/s1. The third-order valence-electron chi connectivity index (χ3n) is 4.83. The zero-order valence-electron chi connectivity index (χ0n) is 13.7. The zero-order valence-corrected chi connectivity index (χ0v) is 14.5. The third-order valence-corrected chi connectivity index (χ3v) is 5.56. The number of hydrogen-bond donors (Lipinski definition) is 4. The lowest BCUT2D eigenvalue weighted by Gasteiger charge is -2.24. The predicted molar refractivity (Wildman–Crippen MR) is 91.5 cm³/mol. The molecule has 2 aromatic rings. The zero-order chi connectivity index (χ0) is 17.4. The molecule has 1 aliphatic carbocycles. The van der Waals surface area contributed by atoms with Gasteiger partial charge in [-0.2, -0.15) is 0 Å². The molecule has 1 aliphatic rings. The van der Waals surface area contributed by atoms with Crippen molar-refractivity contribution in [1.82, 2.24) is 19.5 Å². The Labute approximate surface area is 144 Å². The molecule has 0 radical (unpaired) electrons. The fourth-order valence-corrected chi connectivity index (χ4v) is 4.28. The minimum Gasteiger partial charge on any atom is -0.396 e. The van der Waals surface area contributed by atoms with Crippen LogP contribution in [-0.2, 0) is 0 Å². The Morgan fingerprint density at radius 1 is 1.21 bits per heavy atom. The van der Waals surface area contributed by atoms with Crippen LogP contribution in [0.25, 0.3) is 11.2 Å². The van der Waals surface area contributed by atoms with Crippen LogP contribution in [-0.4, -0.2) is 59.4 Å². The minimum atomic E-state index is -0.997. The Balaban J connectivity index is 2.11. The molecule has 0 aliphatic heterocycles. The fourth-order valence-electron chi connectivity index (χ4n) is 3.70. The van der Waals surface area contributed by atoms with Crippen molar-refractivity contribution in [2.24, 2.45) is 11.8 Å². The third kappa shape index (κ3) is 2.65. The highest BCUT2D eigenvalue weighted by molar-refractivity contribution is 7.99. The smallest absolute Gasteiger partial charge is 0.191 e. The molecule has 9 heteroatoms. The van der Waals surface area contributed by atoms with Gasteiger partial charge in [-0.1, -0.05) is 32.0 Å². The number of nitrogens with two attached hydrogens (primary N) is 1. The van der Waals surface area contributed by atoms with Crippen molar-refractivity contribution in [3.8, 4) is 0 Å². The van der Waals surface area contributed by atoms with Crippen LogP contribution in [0.2, 0.25) is 0 Å². The van der Waals surface area contributed by atoms with Crippen molar-refractivity contribution < 1.29 is 15.3 Å². The molecule has 0 spiro atoms. The van der Waals surface area contributed by atoms with E-state index in [1.807, 2.05) is 13.8 Å². The molecular formula is C15H23N5O3S. The number of anilines is 1. The second-order valence-electron chi connectivity index (χ2n) is 6.04. The van der Waals surface area contributed by atoms with E-state index in [4.69, 9.17) is 5.73 Å². The van der Waals surface area contributed by atoms with Gasteiger partial charge in [0.25, 0.3) is 0 Å². The van der Waals surface area contributed by atoms with E-state index in [9.17, 15) is 15.3 Å². The summed E-state index contributed by atoms with van der Waals surface area (Å²) in [7, 11) is 0. The largest absolute Gasteiger partial charge is 0.396 e. The fraction of sp³-hybridized carbons (Fsp3) is 0.667. The maximum atomic E-state index is 10.5. The number of hydrogen-bond acceptors (Lipinski definition) is 8. The van der Waals surface area contributed by atoms with Crippen LogP contribution in [0.5, 0.6) is 0 Å². The van der Waals surface area contributed by atoms with E-state index in [2.05, 4.69) is 15.0 Å². The summed E-state index contributed by atoms with van der Waals surface area (Å²) in [6, 6.07) is -0.416. The Hall–Kier alpha value is -1.42. The van der Waals surface area contributed by atoms with E-state index in [-0.39, 0.29) is 18.4 Å². The molecule has 5 atom stereocenters. The van der Waals surface area contributed by atoms with Gasteiger partial charge in [-0.25, -0.2) is 15.0 Å². The Bertz CT molecular complexity index is 724. The quantitative estimate of drug-likeness (QED) is 0.450.